The van der Waals surface area contributed by atoms with Crippen molar-refractivity contribution in [2.75, 3.05) is 0 Å². The number of hydrogen-bond acceptors (Lipinski definition) is 2. The highest BCUT2D eigenvalue weighted by Crippen LogP contribution is 2.26. The maximum Gasteiger partial charge on any atom is 0.0972 e. The van der Waals surface area contributed by atoms with E-state index in [1.165, 1.54) is 0 Å². The quantitative estimate of drug-likeness (QED) is 0.308. The summed E-state index contributed by atoms with van der Waals surface area (Å²) in [6.45, 7) is 0. The topological polar surface area (TPSA) is 25.8 Å². The molecule has 0 amide bonds. The van der Waals surface area contributed by atoms with Crippen LogP contribution in [0, 0.1) is 0 Å². The number of benzene rings is 3. The minimum absolute atomic E-state index is 0.927. The van der Waals surface area contributed by atoms with Gasteiger partial charge in [0.05, 0.1) is 16.7 Å². The second-order valence-electron chi connectivity index (χ2n) is 7.16. The predicted molar refractivity (Wildman–Crippen MR) is 128 cm³/mol. The second-order valence-corrected chi connectivity index (χ2v) is 7.16. The summed E-state index contributed by atoms with van der Waals surface area (Å²) in [5.74, 6) is 0. The van der Waals surface area contributed by atoms with Crippen LogP contribution >= 0.6 is 0 Å². The van der Waals surface area contributed by atoms with Gasteiger partial charge in [-0.3, -0.25) is 4.98 Å². The molecule has 5 aromatic rings. The highest BCUT2D eigenvalue weighted by Gasteiger charge is 2.07. The van der Waals surface area contributed by atoms with Crippen LogP contribution in [0.25, 0.3) is 46.1 Å². The van der Waals surface area contributed by atoms with E-state index in [2.05, 4.69) is 77.8 Å². The van der Waals surface area contributed by atoms with Gasteiger partial charge in [-0.25, -0.2) is 4.98 Å². The third-order valence-electron chi connectivity index (χ3n) is 5.11. The molecule has 5 rings (SSSR count). The van der Waals surface area contributed by atoms with Gasteiger partial charge in [-0.15, -0.1) is 0 Å². The Bertz CT molecular complexity index is 1370. The van der Waals surface area contributed by atoms with E-state index in [0.29, 0.717) is 0 Å². The Kier molecular flexibility index (Phi) is 4.89. The fourth-order valence-electron chi connectivity index (χ4n) is 3.56. The van der Waals surface area contributed by atoms with Crippen molar-refractivity contribution in [1.29, 1.82) is 0 Å². The lowest BCUT2D eigenvalue weighted by molar-refractivity contribution is 1.34. The van der Waals surface area contributed by atoms with Gasteiger partial charge in [0.15, 0.2) is 0 Å². The smallest absolute Gasteiger partial charge is 0.0972 e. The van der Waals surface area contributed by atoms with E-state index in [0.717, 1.165) is 44.2 Å². The van der Waals surface area contributed by atoms with E-state index in [1.807, 2.05) is 48.7 Å². The SMILES string of the molecule is C(=Cc1cc2ccc3cccnc3c2nc1C=Cc1ccccc1)c1ccccc1. The lowest BCUT2D eigenvalue weighted by atomic mass is 10.0. The predicted octanol–water partition coefficient (Wildman–Crippen LogP) is 7.12. The minimum atomic E-state index is 0.927. The molecule has 0 radical (unpaired) electrons. The normalized spacial score (nSPS) is 11.7. The summed E-state index contributed by atoms with van der Waals surface area (Å²) in [6, 6.07) is 31.1. The van der Waals surface area contributed by atoms with Crippen LogP contribution in [0.4, 0.5) is 0 Å². The van der Waals surface area contributed by atoms with Gasteiger partial charge in [-0.05, 0) is 29.3 Å². The maximum absolute atomic E-state index is 5.03. The molecule has 0 bridgehead atoms. The van der Waals surface area contributed by atoms with Gasteiger partial charge in [-0.2, -0.15) is 0 Å². The van der Waals surface area contributed by atoms with Crippen LogP contribution in [-0.4, -0.2) is 9.97 Å². The zero-order chi connectivity index (χ0) is 20.2. The summed E-state index contributed by atoms with van der Waals surface area (Å²) in [4.78, 5) is 9.62. The van der Waals surface area contributed by atoms with E-state index in [9.17, 15) is 0 Å². The number of hydrogen-bond donors (Lipinski definition) is 0. The number of fused-ring (bicyclic) bond motifs is 3. The van der Waals surface area contributed by atoms with Gasteiger partial charge in [0.2, 0.25) is 0 Å². The molecule has 0 saturated heterocycles. The summed E-state index contributed by atoms with van der Waals surface area (Å²) in [5, 5.41) is 2.19. The monoisotopic (exact) mass is 384 g/mol. The number of aromatic nitrogens is 2. The molecule has 30 heavy (non-hydrogen) atoms. The van der Waals surface area contributed by atoms with Crippen molar-refractivity contribution in [3.63, 3.8) is 0 Å². The fraction of sp³-hybridized carbons (Fsp3) is 0. The van der Waals surface area contributed by atoms with E-state index < -0.39 is 0 Å². The Hall–Kier alpha value is -4.04. The van der Waals surface area contributed by atoms with Crippen molar-refractivity contribution in [3.05, 3.63) is 120 Å². The van der Waals surface area contributed by atoms with Crippen LogP contribution in [0.15, 0.2) is 97.2 Å². The molecule has 0 aliphatic rings. The van der Waals surface area contributed by atoms with E-state index >= 15 is 0 Å². The highest BCUT2D eigenvalue weighted by atomic mass is 14.7. The lowest BCUT2D eigenvalue weighted by Gasteiger charge is -2.07. The van der Waals surface area contributed by atoms with Crippen LogP contribution in [-0.2, 0) is 0 Å². The Balaban J connectivity index is 1.67. The second kappa shape index (κ2) is 8.14. The standard InChI is InChI=1S/C28H20N2/c1-3-8-21(9-4-1)13-15-24-20-25-17-16-23-12-7-19-29-27(23)28(25)30-26(24)18-14-22-10-5-2-6-11-22/h1-20H. The molecule has 142 valence electrons. The molecule has 0 aliphatic heterocycles. The summed E-state index contributed by atoms with van der Waals surface area (Å²) in [7, 11) is 0. The summed E-state index contributed by atoms with van der Waals surface area (Å²) in [6.07, 6.45) is 10.3. The molecular weight excluding hydrogens is 364 g/mol. The highest BCUT2D eigenvalue weighted by molar-refractivity contribution is 6.04. The third kappa shape index (κ3) is 3.76. The van der Waals surface area contributed by atoms with Gasteiger partial charge in [-0.1, -0.05) is 97.1 Å². The van der Waals surface area contributed by atoms with Crippen molar-refractivity contribution in [2.24, 2.45) is 0 Å². The van der Waals surface area contributed by atoms with Crippen LogP contribution < -0.4 is 0 Å². The van der Waals surface area contributed by atoms with Gasteiger partial charge in [0.1, 0.15) is 0 Å². The Labute approximate surface area is 175 Å². The van der Waals surface area contributed by atoms with Crippen molar-refractivity contribution in [2.45, 2.75) is 0 Å². The van der Waals surface area contributed by atoms with Gasteiger partial charge < -0.3 is 0 Å². The molecule has 3 aromatic carbocycles. The molecular formula is C28H20N2. The zero-order valence-corrected chi connectivity index (χ0v) is 16.4. The molecule has 0 saturated carbocycles. The lowest BCUT2D eigenvalue weighted by Crippen LogP contribution is -1.91. The van der Waals surface area contributed by atoms with E-state index in [-0.39, 0.29) is 0 Å². The molecule has 0 fully saturated rings. The van der Waals surface area contributed by atoms with Crippen molar-refractivity contribution < 1.29 is 0 Å². The molecule has 2 nitrogen and oxygen atoms in total. The summed E-state index contributed by atoms with van der Waals surface area (Å²) in [5.41, 5.74) is 6.18. The van der Waals surface area contributed by atoms with E-state index in [1.54, 1.807) is 0 Å². The zero-order valence-electron chi connectivity index (χ0n) is 16.4. The average Bonchev–Trinajstić information content (AvgIpc) is 2.82. The van der Waals surface area contributed by atoms with Gasteiger partial charge in [0, 0.05) is 22.5 Å². The molecule has 2 aromatic heterocycles. The largest absolute Gasteiger partial charge is 0.254 e. The molecule has 0 N–H and O–H groups in total. The van der Waals surface area contributed by atoms with Gasteiger partial charge >= 0.3 is 0 Å². The molecule has 0 aliphatic carbocycles. The van der Waals surface area contributed by atoms with Crippen LogP contribution in [0.2, 0.25) is 0 Å². The Morgan fingerprint density at radius 2 is 1.20 bits per heavy atom. The van der Waals surface area contributed by atoms with Crippen LogP contribution in [0.5, 0.6) is 0 Å². The minimum Gasteiger partial charge on any atom is -0.254 e. The molecule has 0 atom stereocenters. The molecule has 2 heterocycles. The maximum atomic E-state index is 5.03. The van der Waals surface area contributed by atoms with Crippen molar-refractivity contribution in [1.82, 2.24) is 9.97 Å². The fourth-order valence-corrected chi connectivity index (χ4v) is 3.56. The number of rotatable bonds is 4. The molecule has 2 heteroatoms. The molecule has 0 spiro atoms. The van der Waals surface area contributed by atoms with Crippen LogP contribution in [0.1, 0.15) is 22.4 Å². The first-order valence-corrected chi connectivity index (χ1v) is 10.0. The Morgan fingerprint density at radius 1 is 0.533 bits per heavy atom. The van der Waals surface area contributed by atoms with Gasteiger partial charge in [0.25, 0.3) is 0 Å². The number of nitrogens with zero attached hydrogens (tertiary/aromatic N) is 2. The first-order valence-electron chi connectivity index (χ1n) is 10.0. The van der Waals surface area contributed by atoms with Crippen molar-refractivity contribution >= 4 is 46.1 Å². The summed E-state index contributed by atoms with van der Waals surface area (Å²) >= 11 is 0. The average molecular weight is 384 g/mol. The Morgan fingerprint density at radius 3 is 1.93 bits per heavy atom. The first kappa shape index (κ1) is 18.0. The van der Waals surface area contributed by atoms with Crippen molar-refractivity contribution in [3.8, 4) is 0 Å². The number of pyridine rings is 2. The summed E-state index contributed by atoms with van der Waals surface area (Å²) < 4.78 is 0. The van der Waals surface area contributed by atoms with E-state index in [4.69, 9.17) is 4.98 Å². The molecule has 0 unspecified atom stereocenters. The van der Waals surface area contributed by atoms with Crippen LogP contribution in [0.3, 0.4) is 0 Å². The first-order chi connectivity index (χ1) is 14.9. The third-order valence-corrected chi connectivity index (χ3v) is 5.11.